The molecule has 0 spiro atoms. The highest BCUT2D eigenvalue weighted by molar-refractivity contribution is 7.92. The number of rotatable bonds is 6. The molecule has 0 radical (unpaired) electrons. The van der Waals surface area contributed by atoms with E-state index in [1.807, 2.05) is 13.0 Å². The number of nitriles is 1. The van der Waals surface area contributed by atoms with Gasteiger partial charge < -0.3 is 5.11 Å². The normalized spacial score (nSPS) is 10.9. The predicted molar refractivity (Wildman–Crippen MR) is 89.3 cm³/mol. The number of aryl methyl sites for hydroxylation is 1. The lowest BCUT2D eigenvalue weighted by molar-refractivity contribution is 0.0696. The molecule has 0 unspecified atom stereocenters. The zero-order valence-electron chi connectivity index (χ0n) is 13.3. The number of halogens is 1. The number of carboxylic acids is 1. The van der Waals surface area contributed by atoms with Crippen molar-refractivity contribution in [1.29, 1.82) is 5.26 Å². The van der Waals surface area contributed by atoms with E-state index < -0.39 is 26.7 Å². The van der Waals surface area contributed by atoms with Crippen LogP contribution in [0.5, 0.6) is 0 Å². The highest BCUT2D eigenvalue weighted by Crippen LogP contribution is 2.27. The quantitative estimate of drug-likeness (QED) is 0.852. The molecule has 0 atom stereocenters. The lowest BCUT2D eigenvalue weighted by atomic mass is 10.2. The average molecular weight is 362 g/mol. The Hall–Kier alpha value is -2.92. The summed E-state index contributed by atoms with van der Waals surface area (Å²) < 4.78 is 40.8. The fourth-order valence-corrected chi connectivity index (χ4v) is 3.76. The van der Waals surface area contributed by atoms with Gasteiger partial charge >= 0.3 is 5.97 Å². The third-order valence-electron chi connectivity index (χ3n) is 3.49. The van der Waals surface area contributed by atoms with E-state index in [0.29, 0.717) is 0 Å². The Morgan fingerprint density at radius 3 is 2.44 bits per heavy atom. The first-order valence-corrected chi connectivity index (χ1v) is 8.70. The van der Waals surface area contributed by atoms with Gasteiger partial charge in [-0.3, -0.25) is 4.31 Å². The summed E-state index contributed by atoms with van der Waals surface area (Å²) in [5.41, 5.74) is 0.825. The van der Waals surface area contributed by atoms with Crippen LogP contribution in [0.1, 0.15) is 22.3 Å². The van der Waals surface area contributed by atoms with E-state index in [1.165, 1.54) is 0 Å². The van der Waals surface area contributed by atoms with Crippen LogP contribution >= 0.6 is 0 Å². The molecular weight excluding hydrogens is 347 g/mol. The lowest BCUT2D eigenvalue weighted by Gasteiger charge is -2.24. The topological polar surface area (TPSA) is 98.5 Å². The molecule has 1 N–H and O–H groups in total. The summed E-state index contributed by atoms with van der Waals surface area (Å²) in [5.74, 6) is -2.42. The monoisotopic (exact) mass is 362 g/mol. The molecule has 0 bridgehead atoms. The second-order valence-corrected chi connectivity index (χ2v) is 7.10. The molecule has 0 saturated heterocycles. The summed E-state index contributed by atoms with van der Waals surface area (Å²) in [6.07, 6.45) is -0.104. The van der Waals surface area contributed by atoms with E-state index in [1.54, 1.807) is 24.3 Å². The van der Waals surface area contributed by atoms with E-state index in [0.717, 1.165) is 28.1 Å². The Kier molecular flexibility index (Phi) is 5.39. The largest absolute Gasteiger partial charge is 0.478 e. The second-order valence-electron chi connectivity index (χ2n) is 5.27. The Balaban J connectivity index is 2.59. The van der Waals surface area contributed by atoms with Crippen molar-refractivity contribution in [2.24, 2.45) is 0 Å². The molecule has 0 saturated carbocycles. The van der Waals surface area contributed by atoms with E-state index in [2.05, 4.69) is 0 Å². The van der Waals surface area contributed by atoms with E-state index >= 15 is 0 Å². The molecule has 0 heterocycles. The number of nitrogens with zero attached hydrogens (tertiary/aromatic N) is 2. The molecule has 0 aliphatic rings. The first-order chi connectivity index (χ1) is 11.8. The van der Waals surface area contributed by atoms with Gasteiger partial charge in [0.05, 0.1) is 23.7 Å². The maximum Gasteiger partial charge on any atom is 0.335 e. The molecule has 130 valence electrons. The number of hydrogen-bond donors (Lipinski definition) is 1. The van der Waals surface area contributed by atoms with Gasteiger partial charge in [-0.15, -0.1) is 0 Å². The number of hydrogen-bond acceptors (Lipinski definition) is 4. The molecule has 2 aromatic carbocycles. The minimum absolute atomic E-state index is 0.104. The fraction of sp³-hybridized carbons (Fsp3) is 0.176. The average Bonchev–Trinajstić information content (AvgIpc) is 2.56. The summed E-state index contributed by atoms with van der Waals surface area (Å²) >= 11 is 0. The van der Waals surface area contributed by atoms with Gasteiger partial charge in [-0.25, -0.2) is 17.6 Å². The van der Waals surface area contributed by atoms with Gasteiger partial charge in [0.25, 0.3) is 10.0 Å². The third-order valence-corrected chi connectivity index (χ3v) is 5.34. The number of anilines is 1. The van der Waals surface area contributed by atoms with E-state index in [9.17, 15) is 17.6 Å². The smallest absolute Gasteiger partial charge is 0.335 e. The first kappa shape index (κ1) is 18.4. The predicted octanol–water partition coefficient (Wildman–Crippen LogP) is 2.94. The van der Waals surface area contributed by atoms with Crippen LogP contribution in [0.2, 0.25) is 0 Å². The van der Waals surface area contributed by atoms with Crippen LogP contribution in [-0.4, -0.2) is 26.0 Å². The molecule has 25 heavy (non-hydrogen) atoms. The maximum atomic E-state index is 14.1. The summed E-state index contributed by atoms with van der Waals surface area (Å²) in [4.78, 5) is 10.3. The zero-order chi connectivity index (χ0) is 18.6. The summed E-state index contributed by atoms with van der Waals surface area (Å²) in [6.45, 7) is 1.65. The van der Waals surface area contributed by atoms with Crippen LogP contribution < -0.4 is 4.31 Å². The third kappa shape index (κ3) is 3.95. The van der Waals surface area contributed by atoms with E-state index in [4.69, 9.17) is 10.4 Å². The van der Waals surface area contributed by atoms with Crippen molar-refractivity contribution in [2.75, 3.05) is 10.8 Å². The van der Waals surface area contributed by atoms with Crippen molar-refractivity contribution >= 4 is 21.7 Å². The summed E-state index contributed by atoms with van der Waals surface area (Å²) in [6, 6.07) is 10.9. The minimum Gasteiger partial charge on any atom is -0.478 e. The molecule has 0 aliphatic carbocycles. The Morgan fingerprint density at radius 2 is 1.88 bits per heavy atom. The number of benzene rings is 2. The van der Waals surface area contributed by atoms with Crippen LogP contribution in [0.25, 0.3) is 0 Å². The molecule has 6 nitrogen and oxygen atoms in total. The van der Waals surface area contributed by atoms with Gasteiger partial charge in [0, 0.05) is 6.54 Å². The van der Waals surface area contributed by atoms with Gasteiger partial charge in [0.15, 0.2) is 0 Å². The molecule has 0 fully saturated rings. The van der Waals surface area contributed by atoms with Crippen LogP contribution in [-0.2, 0) is 10.0 Å². The Bertz CT molecular complexity index is 934. The molecule has 0 amide bonds. The highest BCUT2D eigenvalue weighted by atomic mass is 32.2. The van der Waals surface area contributed by atoms with Crippen LogP contribution in [0.15, 0.2) is 47.4 Å². The van der Waals surface area contributed by atoms with E-state index in [-0.39, 0.29) is 24.2 Å². The highest BCUT2D eigenvalue weighted by Gasteiger charge is 2.28. The number of aromatic carboxylic acids is 1. The lowest BCUT2D eigenvalue weighted by Crippen LogP contribution is -2.32. The van der Waals surface area contributed by atoms with Crippen molar-refractivity contribution in [3.63, 3.8) is 0 Å². The van der Waals surface area contributed by atoms with Crippen molar-refractivity contribution in [1.82, 2.24) is 0 Å². The molecule has 8 heteroatoms. The van der Waals surface area contributed by atoms with Crippen LogP contribution in [0.3, 0.4) is 0 Å². The van der Waals surface area contributed by atoms with Crippen molar-refractivity contribution in [2.45, 2.75) is 18.2 Å². The second kappa shape index (κ2) is 7.32. The maximum absolute atomic E-state index is 14.1. The van der Waals surface area contributed by atoms with Crippen molar-refractivity contribution in [3.05, 3.63) is 59.4 Å². The Labute approximate surface area is 144 Å². The molecule has 2 aromatic rings. The first-order valence-electron chi connectivity index (χ1n) is 7.26. The number of carbonyl (C=O) groups is 1. The van der Waals surface area contributed by atoms with Crippen LogP contribution in [0, 0.1) is 24.1 Å². The van der Waals surface area contributed by atoms with Gasteiger partial charge in [0.2, 0.25) is 0 Å². The summed E-state index contributed by atoms with van der Waals surface area (Å²) in [5, 5.41) is 17.8. The van der Waals surface area contributed by atoms with Gasteiger partial charge in [-0.2, -0.15) is 5.26 Å². The van der Waals surface area contributed by atoms with Crippen LogP contribution in [0.4, 0.5) is 10.1 Å². The van der Waals surface area contributed by atoms with Crippen molar-refractivity contribution in [3.8, 4) is 6.07 Å². The zero-order valence-corrected chi connectivity index (χ0v) is 14.1. The van der Waals surface area contributed by atoms with Gasteiger partial charge in [0.1, 0.15) is 10.7 Å². The van der Waals surface area contributed by atoms with Crippen molar-refractivity contribution < 1.29 is 22.7 Å². The standard InChI is InChI=1S/C17H15FN2O4S/c1-12-3-6-14(7-4-12)20(10-2-9-19)25(23,24)16-11-13(17(21)22)5-8-15(16)18/h3-8,11H,2,10H2,1H3,(H,21,22). The number of sulfonamides is 1. The molecular formula is C17H15FN2O4S. The molecule has 0 aliphatic heterocycles. The van der Waals surface area contributed by atoms with Gasteiger partial charge in [-0.1, -0.05) is 17.7 Å². The van der Waals surface area contributed by atoms with Gasteiger partial charge in [-0.05, 0) is 37.3 Å². The fourth-order valence-electron chi connectivity index (χ4n) is 2.20. The minimum atomic E-state index is -4.38. The number of carboxylic acid groups (broad SMARTS) is 1. The Morgan fingerprint density at radius 1 is 1.24 bits per heavy atom. The molecule has 0 aromatic heterocycles. The molecule has 2 rings (SSSR count). The summed E-state index contributed by atoms with van der Waals surface area (Å²) in [7, 11) is -4.38. The SMILES string of the molecule is Cc1ccc(N(CCC#N)S(=O)(=O)c2cc(C(=O)O)ccc2F)cc1.